The van der Waals surface area contributed by atoms with Gasteiger partial charge in [-0.25, -0.2) is 0 Å². The van der Waals surface area contributed by atoms with Gasteiger partial charge in [0.1, 0.15) is 0 Å². The molecule has 0 spiro atoms. The molecule has 2 aromatic carbocycles. The largest absolute Gasteiger partial charge is 0.374 e. The van der Waals surface area contributed by atoms with Crippen LogP contribution in [0.1, 0.15) is 22.6 Å². The van der Waals surface area contributed by atoms with Crippen molar-refractivity contribution in [3.05, 3.63) is 65.2 Å². The lowest BCUT2D eigenvalue weighted by atomic mass is 9.98. The average molecular weight is 268 g/mol. The molecule has 0 fully saturated rings. The minimum atomic E-state index is 0.363. The van der Waals surface area contributed by atoms with E-state index in [4.69, 9.17) is 5.73 Å². The molecule has 0 aliphatic heterocycles. The van der Waals surface area contributed by atoms with Crippen molar-refractivity contribution in [1.29, 1.82) is 0 Å². The van der Waals surface area contributed by atoms with Gasteiger partial charge in [-0.2, -0.15) is 0 Å². The molecule has 1 atom stereocenters. The van der Waals surface area contributed by atoms with Crippen LogP contribution in [-0.2, 0) is 0 Å². The van der Waals surface area contributed by atoms with E-state index < -0.39 is 0 Å². The smallest absolute Gasteiger partial charge is 0.0369 e. The van der Waals surface area contributed by atoms with Crippen molar-refractivity contribution in [1.82, 2.24) is 0 Å². The fourth-order valence-electron chi connectivity index (χ4n) is 2.65. The topological polar surface area (TPSA) is 29.3 Å². The summed E-state index contributed by atoms with van der Waals surface area (Å²) in [6, 6.07) is 17.2. The second kappa shape index (κ2) is 6.58. The van der Waals surface area contributed by atoms with Crippen LogP contribution < -0.4 is 10.6 Å². The number of nitrogens with zero attached hydrogens (tertiary/aromatic N) is 1. The van der Waals surface area contributed by atoms with E-state index >= 15 is 0 Å². The molecule has 0 saturated carbocycles. The quantitative estimate of drug-likeness (QED) is 0.899. The van der Waals surface area contributed by atoms with Gasteiger partial charge in [-0.3, -0.25) is 0 Å². The summed E-state index contributed by atoms with van der Waals surface area (Å²) in [5, 5.41) is 0. The number of likely N-dealkylation sites (N-methyl/N-ethyl adjacent to an activating group) is 1. The molecule has 2 nitrogen and oxygen atoms in total. The summed E-state index contributed by atoms with van der Waals surface area (Å²) in [6.45, 7) is 5.88. The summed E-state index contributed by atoms with van der Waals surface area (Å²) >= 11 is 0. The van der Waals surface area contributed by atoms with Crippen LogP contribution in [0.4, 0.5) is 5.69 Å². The monoisotopic (exact) mass is 268 g/mol. The Kier molecular flexibility index (Phi) is 4.80. The molecule has 0 radical (unpaired) electrons. The predicted octanol–water partition coefficient (Wildman–Crippen LogP) is 3.48. The highest BCUT2D eigenvalue weighted by atomic mass is 15.1. The lowest BCUT2D eigenvalue weighted by molar-refractivity contribution is 0.681. The Morgan fingerprint density at radius 2 is 1.60 bits per heavy atom. The lowest BCUT2D eigenvalue weighted by Crippen LogP contribution is -2.28. The highest BCUT2D eigenvalue weighted by Gasteiger charge is 2.13. The van der Waals surface area contributed by atoms with Crippen LogP contribution in [0, 0.1) is 13.8 Å². The summed E-state index contributed by atoms with van der Waals surface area (Å²) in [7, 11) is 2.14. The Morgan fingerprint density at radius 1 is 1.00 bits per heavy atom. The van der Waals surface area contributed by atoms with Gasteiger partial charge in [0.05, 0.1) is 0 Å². The zero-order valence-corrected chi connectivity index (χ0v) is 12.6. The van der Waals surface area contributed by atoms with Crippen molar-refractivity contribution in [2.45, 2.75) is 19.8 Å². The van der Waals surface area contributed by atoms with E-state index in [1.165, 1.54) is 22.4 Å². The molecule has 0 aliphatic rings. The molecular formula is C18H24N2. The molecule has 0 saturated heterocycles. The third-order valence-corrected chi connectivity index (χ3v) is 3.70. The van der Waals surface area contributed by atoms with Crippen molar-refractivity contribution < 1.29 is 0 Å². The van der Waals surface area contributed by atoms with Crippen molar-refractivity contribution in [2.75, 3.05) is 25.0 Å². The Bertz CT molecular complexity index is 528. The molecule has 2 heteroatoms. The molecule has 0 amide bonds. The van der Waals surface area contributed by atoms with Crippen LogP contribution in [0.5, 0.6) is 0 Å². The van der Waals surface area contributed by atoms with Gasteiger partial charge in [0, 0.05) is 31.7 Å². The average Bonchev–Trinajstić information content (AvgIpc) is 2.44. The number of hydrogen-bond donors (Lipinski definition) is 1. The maximum absolute atomic E-state index is 5.96. The number of rotatable bonds is 5. The highest BCUT2D eigenvalue weighted by molar-refractivity contribution is 5.50. The van der Waals surface area contributed by atoms with E-state index in [9.17, 15) is 0 Å². The number of anilines is 1. The summed E-state index contributed by atoms with van der Waals surface area (Å²) in [5.74, 6) is 0.363. The first kappa shape index (κ1) is 14.6. The van der Waals surface area contributed by atoms with E-state index in [0.717, 1.165) is 6.54 Å². The minimum Gasteiger partial charge on any atom is -0.374 e. The second-order valence-corrected chi connectivity index (χ2v) is 5.57. The maximum atomic E-state index is 5.96. The van der Waals surface area contributed by atoms with Crippen LogP contribution in [0.3, 0.4) is 0 Å². The van der Waals surface area contributed by atoms with E-state index in [-0.39, 0.29) is 0 Å². The molecule has 2 N–H and O–H groups in total. The van der Waals surface area contributed by atoms with Gasteiger partial charge in [0.2, 0.25) is 0 Å². The standard InChI is InChI=1S/C18H24N2/c1-14-9-15(2)11-18(10-14)20(3)13-17(12-19)16-7-5-4-6-8-16/h4-11,17H,12-13,19H2,1-3H3. The van der Waals surface area contributed by atoms with Crippen molar-refractivity contribution in [3.8, 4) is 0 Å². The van der Waals surface area contributed by atoms with Gasteiger partial charge in [-0.05, 0) is 42.7 Å². The fraction of sp³-hybridized carbons (Fsp3) is 0.333. The summed E-state index contributed by atoms with van der Waals surface area (Å²) < 4.78 is 0. The van der Waals surface area contributed by atoms with Crippen LogP contribution >= 0.6 is 0 Å². The zero-order valence-electron chi connectivity index (χ0n) is 12.6. The SMILES string of the molecule is Cc1cc(C)cc(N(C)CC(CN)c2ccccc2)c1. The Hall–Kier alpha value is -1.80. The van der Waals surface area contributed by atoms with E-state index in [1.54, 1.807) is 0 Å². The first-order chi connectivity index (χ1) is 9.60. The number of benzene rings is 2. The Balaban J connectivity index is 2.15. The third kappa shape index (κ3) is 3.61. The van der Waals surface area contributed by atoms with Crippen molar-refractivity contribution in [2.24, 2.45) is 5.73 Å². The van der Waals surface area contributed by atoms with Gasteiger partial charge >= 0.3 is 0 Å². The van der Waals surface area contributed by atoms with Gasteiger partial charge in [0.15, 0.2) is 0 Å². The van der Waals surface area contributed by atoms with Gasteiger partial charge < -0.3 is 10.6 Å². The zero-order chi connectivity index (χ0) is 14.5. The van der Waals surface area contributed by atoms with Gasteiger partial charge in [-0.1, -0.05) is 36.4 Å². The Morgan fingerprint density at radius 3 is 2.15 bits per heavy atom. The number of nitrogens with two attached hydrogens (primary N) is 1. The molecule has 2 aromatic rings. The normalized spacial score (nSPS) is 12.2. The summed E-state index contributed by atoms with van der Waals surface area (Å²) in [4.78, 5) is 2.30. The molecule has 106 valence electrons. The fourth-order valence-corrected chi connectivity index (χ4v) is 2.65. The lowest BCUT2D eigenvalue weighted by Gasteiger charge is -2.26. The molecule has 1 unspecified atom stereocenters. The molecule has 0 heterocycles. The highest BCUT2D eigenvalue weighted by Crippen LogP contribution is 2.22. The molecule has 2 rings (SSSR count). The van der Waals surface area contributed by atoms with Crippen LogP contribution in [0.15, 0.2) is 48.5 Å². The predicted molar refractivity (Wildman–Crippen MR) is 87.4 cm³/mol. The molecular weight excluding hydrogens is 244 g/mol. The summed E-state index contributed by atoms with van der Waals surface area (Å²) in [5.41, 5.74) is 11.1. The maximum Gasteiger partial charge on any atom is 0.0369 e. The molecule has 0 aliphatic carbocycles. The Labute approximate surface area is 122 Å². The van der Waals surface area contributed by atoms with Crippen molar-refractivity contribution in [3.63, 3.8) is 0 Å². The first-order valence-corrected chi connectivity index (χ1v) is 7.14. The van der Waals surface area contributed by atoms with E-state index in [2.05, 4.69) is 68.3 Å². The third-order valence-electron chi connectivity index (χ3n) is 3.70. The first-order valence-electron chi connectivity index (χ1n) is 7.14. The minimum absolute atomic E-state index is 0.363. The molecule has 0 bridgehead atoms. The van der Waals surface area contributed by atoms with Crippen LogP contribution in [0.2, 0.25) is 0 Å². The van der Waals surface area contributed by atoms with Crippen LogP contribution in [0.25, 0.3) is 0 Å². The van der Waals surface area contributed by atoms with Gasteiger partial charge in [-0.15, -0.1) is 0 Å². The van der Waals surface area contributed by atoms with Crippen molar-refractivity contribution >= 4 is 5.69 Å². The molecule has 20 heavy (non-hydrogen) atoms. The van der Waals surface area contributed by atoms with Gasteiger partial charge in [0.25, 0.3) is 0 Å². The second-order valence-electron chi connectivity index (χ2n) is 5.57. The molecule has 0 aromatic heterocycles. The van der Waals surface area contributed by atoms with Crippen LogP contribution in [-0.4, -0.2) is 20.1 Å². The van der Waals surface area contributed by atoms with E-state index in [0.29, 0.717) is 12.5 Å². The number of aryl methyl sites for hydroxylation is 2. The van der Waals surface area contributed by atoms with E-state index in [1.807, 2.05) is 6.07 Å². The summed E-state index contributed by atoms with van der Waals surface area (Å²) in [6.07, 6.45) is 0. The number of hydrogen-bond acceptors (Lipinski definition) is 2.